The van der Waals surface area contributed by atoms with Crippen LogP contribution in [-0.4, -0.2) is 51.1 Å². The number of hydrogen-bond acceptors (Lipinski definition) is 4. The molecule has 1 aromatic carbocycles. The van der Waals surface area contributed by atoms with Crippen molar-refractivity contribution in [2.75, 3.05) is 13.1 Å². The minimum Gasteiger partial charge on any atom is -0.481 e. The molecule has 1 saturated heterocycles. The molecule has 0 radical (unpaired) electrons. The summed E-state index contributed by atoms with van der Waals surface area (Å²) < 4.78 is 39.5. The van der Waals surface area contributed by atoms with Crippen molar-refractivity contribution in [2.45, 2.75) is 12.6 Å². The van der Waals surface area contributed by atoms with Crippen molar-refractivity contribution in [1.82, 2.24) is 14.9 Å². The van der Waals surface area contributed by atoms with Gasteiger partial charge in [0.05, 0.1) is 17.2 Å². The number of rotatable bonds is 2. The molecule has 1 fully saturated rings. The number of nitrogens with zero attached hydrogens (tertiary/aromatic N) is 3. The summed E-state index contributed by atoms with van der Waals surface area (Å²) in [5.74, 6) is -2.74. The van der Waals surface area contributed by atoms with Crippen molar-refractivity contribution in [1.29, 1.82) is 0 Å². The maximum Gasteiger partial charge on any atom is 0.406 e. The molecule has 1 aliphatic rings. The van der Waals surface area contributed by atoms with Crippen molar-refractivity contribution in [3.63, 3.8) is 0 Å². The van der Waals surface area contributed by atoms with Crippen LogP contribution in [0.3, 0.4) is 0 Å². The number of aliphatic carboxylic acids is 1. The number of para-hydroxylation sites is 2. The van der Waals surface area contributed by atoms with E-state index in [1.807, 2.05) is 0 Å². The normalized spacial score (nSPS) is 21.2. The first kappa shape index (κ1) is 16.2. The summed E-state index contributed by atoms with van der Waals surface area (Å²) in [4.78, 5) is 32.6. The Morgan fingerprint density at radius 2 is 1.88 bits per heavy atom. The summed E-state index contributed by atoms with van der Waals surface area (Å²) in [6.07, 6.45) is -4.44. The number of carbonyl (C=O) groups excluding carboxylic acids is 1. The predicted octanol–water partition coefficient (Wildman–Crippen LogP) is 2.11. The third kappa shape index (κ3) is 2.45. The van der Waals surface area contributed by atoms with E-state index in [1.165, 1.54) is 6.20 Å². The molecule has 9 heteroatoms. The lowest BCUT2D eigenvalue weighted by Crippen LogP contribution is -2.47. The number of carbonyl (C=O) groups is 2. The van der Waals surface area contributed by atoms with E-state index in [0.717, 1.165) is 4.90 Å². The number of fused-ring (bicyclic) bond motifs is 1. The van der Waals surface area contributed by atoms with Gasteiger partial charge in [-0.1, -0.05) is 12.1 Å². The molecule has 0 saturated carbocycles. The Balaban J connectivity index is 1.89. The molecule has 0 spiro atoms. The predicted molar refractivity (Wildman–Crippen MR) is 76.2 cm³/mol. The Kier molecular flexibility index (Phi) is 3.66. The molecule has 1 N–H and O–H groups in total. The van der Waals surface area contributed by atoms with E-state index in [9.17, 15) is 22.8 Å². The second kappa shape index (κ2) is 5.43. The fourth-order valence-electron chi connectivity index (χ4n) is 2.73. The molecule has 2 heterocycles. The summed E-state index contributed by atoms with van der Waals surface area (Å²) in [7, 11) is 0. The molecule has 1 aliphatic heterocycles. The maximum atomic E-state index is 13.2. The molecule has 3 rings (SSSR count). The monoisotopic (exact) mass is 339 g/mol. The van der Waals surface area contributed by atoms with Gasteiger partial charge in [-0.2, -0.15) is 13.2 Å². The highest BCUT2D eigenvalue weighted by molar-refractivity contribution is 5.94. The van der Waals surface area contributed by atoms with Crippen LogP contribution in [0.1, 0.15) is 16.9 Å². The van der Waals surface area contributed by atoms with E-state index in [2.05, 4.69) is 9.97 Å². The van der Waals surface area contributed by atoms with Gasteiger partial charge in [-0.25, -0.2) is 4.98 Å². The number of halogens is 3. The number of carboxylic acids is 1. The van der Waals surface area contributed by atoms with Gasteiger partial charge in [0.2, 0.25) is 0 Å². The van der Waals surface area contributed by atoms with Gasteiger partial charge in [0, 0.05) is 13.1 Å². The van der Waals surface area contributed by atoms with E-state index >= 15 is 0 Å². The number of hydrogen-bond donors (Lipinski definition) is 1. The van der Waals surface area contributed by atoms with E-state index in [1.54, 1.807) is 24.3 Å². The fraction of sp³-hybridized carbons (Fsp3) is 0.333. The highest BCUT2D eigenvalue weighted by atomic mass is 19.4. The molecule has 1 atom stereocenters. The second-order valence-corrected chi connectivity index (χ2v) is 5.61. The molecule has 126 valence electrons. The molecule has 0 bridgehead atoms. The highest BCUT2D eigenvalue weighted by Gasteiger charge is 2.64. The lowest BCUT2D eigenvalue weighted by Gasteiger charge is -2.27. The first-order valence-corrected chi connectivity index (χ1v) is 7.06. The van der Waals surface area contributed by atoms with Crippen molar-refractivity contribution in [3.05, 3.63) is 36.2 Å². The minimum absolute atomic E-state index is 0.114. The number of benzene rings is 1. The van der Waals surface area contributed by atoms with Crippen molar-refractivity contribution >= 4 is 22.9 Å². The number of carboxylic acid groups (broad SMARTS) is 1. The quantitative estimate of drug-likeness (QED) is 0.906. The number of aromatic nitrogens is 2. The molecule has 1 unspecified atom stereocenters. The van der Waals surface area contributed by atoms with E-state index in [4.69, 9.17) is 5.11 Å². The molecule has 1 aromatic heterocycles. The van der Waals surface area contributed by atoms with Crippen LogP contribution < -0.4 is 0 Å². The van der Waals surface area contributed by atoms with Gasteiger partial charge in [-0.3, -0.25) is 14.6 Å². The zero-order valence-corrected chi connectivity index (χ0v) is 12.2. The van der Waals surface area contributed by atoms with Crippen LogP contribution in [0.2, 0.25) is 0 Å². The Morgan fingerprint density at radius 3 is 2.46 bits per heavy atom. The summed E-state index contributed by atoms with van der Waals surface area (Å²) in [5.41, 5.74) is -2.07. The lowest BCUT2D eigenvalue weighted by atomic mass is 9.86. The summed E-state index contributed by atoms with van der Waals surface area (Å²) >= 11 is 0. The van der Waals surface area contributed by atoms with Crippen LogP contribution in [0.15, 0.2) is 30.5 Å². The third-order valence-corrected chi connectivity index (χ3v) is 4.18. The zero-order valence-electron chi connectivity index (χ0n) is 12.2. The first-order valence-electron chi connectivity index (χ1n) is 7.06. The standard InChI is InChI=1S/C15H12F3N3O3/c16-15(17,18)14(13(23)24)5-6-21(8-14)12(22)11-7-19-9-3-1-2-4-10(9)20-11/h1-4,7H,5-6,8H2,(H,23,24). The smallest absolute Gasteiger partial charge is 0.406 e. The first-order chi connectivity index (χ1) is 11.2. The van der Waals surface area contributed by atoms with Crippen molar-refractivity contribution in [2.24, 2.45) is 5.41 Å². The largest absolute Gasteiger partial charge is 0.481 e. The van der Waals surface area contributed by atoms with Gasteiger partial charge in [0.25, 0.3) is 5.91 Å². The summed E-state index contributed by atoms with van der Waals surface area (Å²) in [5, 5.41) is 9.02. The molecular weight excluding hydrogens is 327 g/mol. The van der Waals surface area contributed by atoms with Crippen molar-refractivity contribution < 1.29 is 27.9 Å². The topological polar surface area (TPSA) is 83.4 Å². The van der Waals surface area contributed by atoms with Gasteiger partial charge in [-0.15, -0.1) is 0 Å². The Hall–Kier alpha value is -2.71. The Morgan fingerprint density at radius 1 is 1.21 bits per heavy atom. The van der Waals surface area contributed by atoms with Gasteiger partial charge in [0.1, 0.15) is 5.69 Å². The van der Waals surface area contributed by atoms with Crippen LogP contribution in [0, 0.1) is 5.41 Å². The average molecular weight is 339 g/mol. The number of alkyl halides is 3. The van der Waals surface area contributed by atoms with Crippen LogP contribution in [0.4, 0.5) is 13.2 Å². The van der Waals surface area contributed by atoms with Gasteiger partial charge < -0.3 is 10.0 Å². The molecule has 1 amide bonds. The van der Waals surface area contributed by atoms with E-state index in [-0.39, 0.29) is 12.2 Å². The third-order valence-electron chi connectivity index (χ3n) is 4.18. The van der Waals surface area contributed by atoms with Gasteiger partial charge >= 0.3 is 12.1 Å². The van der Waals surface area contributed by atoms with Crippen LogP contribution in [0.25, 0.3) is 11.0 Å². The molecular formula is C15H12F3N3O3. The van der Waals surface area contributed by atoms with Crippen LogP contribution >= 0.6 is 0 Å². The van der Waals surface area contributed by atoms with E-state index in [0.29, 0.717) is 11.0 Å². The molecule has 6 nitrogen and oxygen atoms in total. The molecule has 24 heavy (non-hydrogen) atoms. The lowest BCUT2D eigenvalue weighted by molar-refractivity contribution is -0.227. The minimum atomic E-state index is -4.94. The fourth-order valence-corrected chi connectivity index (χ4v) is 2.73. The van der Waals surface area contributed by atoms with Crippen LogP contribution in [-0.2, 0) is 4.79 Å². The Bertz CT molecular complexity index is 824. The summed E-state index contributed by atoms with van der Waals surface area (Å²) in [6.45, 7) is -1.24. The van der Waals surface area contributed by atoms with Gasteiger partial charge in [0.15, 0.2) is 5.41 Å². The molecule has 2 aromatic rings. The Labute approximate surface area is 133 Å². The summed E-state index contributed by atoms with van der Waals surface area (Å²) in [6, 6.07) is 6.75. The van der Waals surface area contributed by atoms with Crippen LogP contribution in [0.5, 0.6) is 0 Å². The van der Waals surface area contributed by atoms with Gasteiger partial charge in [-0.05, 0) is 18.6 Å². The maximum absolute atomic E-state index is 13.2. The zero-order chi connectivity index (χ0) is 17.5. The average Bonchev–Trinajstić information content (AvgIpc) is 3.00. The number of likely N-dealkylation sites (tertiary alicyclic amines) is 1. The van der Waals surface area contributed by atoms with Crippen molar-refractivity contribution in [3.8, 4) is 0 Å². The second-order valence-electron chi connectivity index (χ2n) is 5.61. The number of amides is 1. The molecule has 0 aliphatic carbocycles. The highest BCUT2D eigenvalue weighted by Crippen LogP contribution is 2.45. The van der Waals surface area contributed by atoms with E-state index < -0.39 is 36.4 Å². The SMILES string of the molecule is O=C(c1cnc2ccccc2n1)N1CCC(C(=O)O)(C(F)(F)F)C1.